The van der Waals surface area contributed by atoms with Gasteiger partial charge in [0.2, 0.25) is 0 Å². The predicted molar refractivity (Wildman–Crippen MR) is 153 cm³/mol. The van der Waals surface area contributed by atoms with E-state index in [1.54, 1.807) is 30.7 Å². The normalized spacial score (nSPS) is 14.7. The number of benzene rings is 3. The maximum atomic E-state index is 13.9. The SMILES string of the molecule is C#CCOc1cccc(/C=c2\sc3n(c2=O)[C@H](c2cccc(OC)c2)C(C(=O)Nc2ccccc2)=C(C)N=3)c1. The van der Waals surface area contributed by atoms with Crippen LogP contribution in [0.4, 0.5) is 5.69 Å². The van der Waals surface area contributed by atoms with Gasteiger partial charge in [0, 0.05) is 5.69 Å². The zero-order valence-corrected chi connectivity index (χ0v) is 22.2. The summed E-state index contributed by atoms with van der Waals surface area (Å²) in [5.74, 6) is 3.35. The van der Waals surface area contributed by atoms with E-state index in [0.717, 1.165) is 11.1 Å². The number of nitrogens with zero attached hydrogens (tertiary/aromatic N) is 2. The number of amides is 1. The average molecular weight is 536 g/mol. The molecule has 1 N–H and O–H groups in total. The number of allylic oxidation sites excluding steroid dienone is 1. The van der Waals surface area contributed by atoms with Gasteiger partial charge in [-0.2, -0.15) is 0 Å². The third-order valence-corrected chi connectivity index (χ3v) is 7.17. The molecular weight excluding hydrogens is 510 g/mol. The van der Waals surface area contributed by atoms with E-state index in [9.17, 15) is 9.59 Å². The van der Waals surface area contributed by atoms with Gasteiger partial charge in [-0.1, -0.05) is 59.7 Å². The summed E-state index contributed by atoms with van der Waals surface area (Å²) in [7, 11) is 1.58. The molecule has 194 valence electrons. The molecule has 8 heteroatoms. The number of methoxy groups -OCH3 is 1. The number of ether oxygens (including phenoxy) is 2. The lowest BCUT2D eigenvalue weighted by atomic mass is 9.95. The number of fused-ring (bicyclic) bond motifs is 1. The van der Waals surface area contributed by atoms with Crippen LogP contribution in [0.2, 0.25) is 0 Å². The molecule has 5 rings (SSSR count). The first-order valence-electron chi connectivity index (χ1n) is 12.2. The van der Waals surface area contributed by atoms with E-state index in [2.05, 4.69) is 11.2 Å². The van der Waals surface area contributed by atoms with Crippen LogP contribution in [0, 0.1) is 12.3 Å². The third kappa shape index (κ3) is 5.40. The molecule has 0 fully saturated rings. The zero-order chi connectivity index (χ0) is 27.4. The molecule has 1 aromatic heterocycles. The molecule has 1 amide bonds. The first-order chi connectivity index (χ1) is 19.0. The molecule has 0 spiro atoms. The highest BCUT2D eigenvalue weighted by atomic mass is 32.1. The Hall–Kier alpha value is -4.87. The first kappa shape index (κ1) is 25.8. The van der Waals surface area contributed by atoms with E-state index in [-0.39, 0.29) is 18.1 Å². The molecule has 3 aromatic carbocycles. The Bertz CT molecular complexity index is 1800. The predicted octanol–water partition coefficient (Wildman–Crippen LogP) is 3.89. The number of carbonyl (C=O) groups excluding carboxylic acids is 1. The molecule has 2 heterocycles. The highest BCUT2D eigenvalue weighted by Crippen LogP contribution is 2.32. The number of thiazole rings is 1. The van der Waals surface area contributed by atoms with Gasteiger partial charge in [-0.15, -0.1) is 6.42 Å². The zero-order valence-electron chi connectivity index (χ0n) is 21.4. The average Bonchev–Trinajstić information content (AvgIpc) is 3.25. The lowest BCUT2D eigenvalue weighted by molar-refractivity contribution is -0.113. The van der Waals surface area contributed by atoms with Crippen LogP contribution in [0.25, 0.3) is 6.08 Å². The summed E-state index contributed by atoms with van der Waals surface area (Å²) in [4.78, 5) is 32.7. The highest BCUT2D eigenvalue weighted by molar-refractivity contribution is 7.07. The number of hydrogen-bond donors (Lipinski definition) is 1. The highest BCUT2D eigenvalue weighted by Gasteiger charge is 2.32. The third-order valence-electron chi connectivity index (χ3n) is 6.19. The van der Waals surface area contributed by atoms with Gasteiger partial charge in [0.1, 0.15) is 18.1 Å². The van der Waals surface area contributed by atoms with Crippen molar-refractivity contribution in [3.63, 3.8) is 0 Å². The van der Waals surface area contributed by atoms with Gasteiger partial charge in [-0.05, 0) is 60.5 Å². The van der Waals surface area contributed by atoms with Gasteiger partial charge in [0.05, 0.1) is 29.0 Å². The van der Waals surface area contributed by atoms with Gasteiger partial charge >= 0.3 is 0 Å². The van der Waals surface area contributed by atoms with Crippen LogP contribution < -0.4 is 29.7 Å². The van der Waals surface area contributed by atoms with Crippen LogP contribution in [-0.2, 0) is 4.79 Å². The number of terminal acetylenes is 1. The first-order valence-corrected chi connectivity index (χ1v) is 13.0. The number of carbonyl (C=O) groups is 1. The summed E-state index contributed by atoms with van der Waals surface area (Å²) in [5, 5.41) is 2.95. The molecule has 1 aliphatic rings. The summed E-state index contributed by atoms with van der Waals surface area (Å²) < 4.78 is 13.0. The smallest absolute Gasteiger partial charge is 0.271 e. The summed E-state index contributed by atoms with van der Waals surface area (Å²) in [5.41, 5.74) is 2.84. The quantitative estimate of drug-likeness (QED) is 0.364. The molecule has 0 saturated heterocycles. The molecular formula is C31H25N3O4S. The van der Waals surface area contributed by atoms with E-state index in [1.807, 2.05) is 72.8 Å². The van der Waals surface area contributed by atoms with Crippen molar-refractivity contribution in [3.8, 4) is 23.8 Å². The van der Waals surface area contributed by atoms with E-state index < -0.39 is 6.04 Å². The Balaban J connectivity index is 1.65. The van der Waals surface area contributed by atoms with Crippen molar-refractivity contribution < 1.29 is 14.3 Å². The van der Waals surface area contributed by atoms with Gasteiger partial charge < -0.3 is 14.8 Å². The molecule has 4 aromatic rings. The number of aromatic nitrogens is 1. The Morgan fingerprint density at radius 3 is 2.64 bits per heavy atom. The second-order valence-electron chi connectivity index (χ2n) is 8.74. The van der Waals surface area contributed by atoms with Gasteiger partial charge in [-0.3, -0.25) is 14.2 Å². The number of hydrogen-bond acceptors (Lipinski definition) is 6. The minimum atomic E-state index is -0.701. The lowest BCUT2D eigenvalue weighted by Crippen LogP contribution is -2.40. The lowest BCUT2D eigenvalue weighted by Gasteiger charge is -2.25. The Labute approximate surface area is 229 Å². The number of nitrogens with one attached hydrogen (secondary N) is 1. The Morgan fingerprint density at radius 1 is 1.10 bits per heavy atom. The molecule has 0 bridgehead atoms. The van der Waals surface area contributed by atoms with Crippen molar-refractivity contribution in [2.24, 2.45) is 4.99 Å². The van der Waals surface area contributed by atoms with Crippen molar-refractivity contribution in [2.45, 2.75) is 13.0 Å². The Kier molecular flexibility index (Phi) is 7.43. The molecule has 0 unspecified atom stereocenters. The van der Waals surface area contributed by atoms with Crippen LogP contribution >= 0.6 is 11.3 Å². The number of anilines is 1. The topological polar surface area (TPSA) is 81.9 Å². The molecule has 0 aliphatic carbocycles. The van der Waals surface area contributed by atoms with Crippen LogP contribution in [0.3, 0.4) is 0 Å². The van der Waals surface area contributed by atoms with Gasteiger partial charge in [-0.25, -0.2) is 4.99 Å². The summed E-state index contributed by atoms with van der Waals surface area (Å²) in [6.45, 7) is 1.94. The van der Waals surface area contributed by atoms with Crippen molar-refractivity contribution in [3.05, 3.63) is 121 Å². The molecule has 7 nitrogen and oxygen atoms in total. The summed E-state index contributed by atoms with van der Waals surface area (Å²) in [6.07, 6.45) is 7.09. The van der Waals surface area contributed by atoms with Gasteiger partial charge in [0.15, 0.2) is 4.80 Å². The maximum absolute atomic E-state index is 13.9. The van der Waals surface area contributed by atoms with Crippen molar-refractivity contribution >= 4 is 29.0 Å². The molecule has 1 atom stereocenters. The summed E-state index contributed by atoms with van der Waals surface area (Å²) in [6, 6.07) is 23.2. The maximum Gasteiger partial charge on any atom is 0.271 e. The van der Waals surface area contributed by atoms with E-state index in [0.29, 0.717) is 37.8 Å². The van der Waals surface area contributed by atoms with Gasteiger partial charge in [0.25, 0.3) is 11.5 Å². The minimum absolute atomic E-state index is 0.152. The molecule has 1 aliphatic heterocycles. The van der Waals surface area contributed by atoms with Crippen molar-refractivity contribution in [1.29, 1.82) is 0 Å². The molecule has 0 radical (unpaired) electrons. The standard InChI is InChI=1S/C31H25N3O4S/c1-4-16-38-25-15-8-10-21(17-25)18-26-30(36)34-28(22-11-9-14-24(19-22)37-3)27(20(2)32-31(34)39-26)29(35)33-23-12-6-5-7-13-23/h1,5-15,17-19,28H,16H2,2-3H3,(H,33,35)/b26-18-/t28-/m1/s1. The van der Waals surface area contributed by atoms with Crippen LogP contribution in [0.1, 0.15) is 24.1 Å². The largest absolute Gasteiger partial charge is 0.497 e. The fraction of sp³-hybridized carbons (Fsp3) is 0.129. The monoisotopic (exact) mass is 535 g/mol. The van der Waals surface area contributed by atoms with E-state index >= 15 is 0 Å². The molecule has 39 heavy (non-hydrogen) atoms. The van der Waals surface area contributed by atoms with Crippen molar-refractivity contribution in [1.82, 2.24) is 4.57 Å². The second-order valence-corrected chi connectivity index (χ2v) is 9.75. The summed E-state index contributed by atoms with van der Waals surface area (Å²) >= 11 is 1.27. The number of rotatable bonds is 7. The fourth-order valence-electron chi connectivity index (χ4n) is 4.43. The minimum Gasteiger partial charge on any atom is -0.497 e. The van der Waals surface area contributed by atoms with E-state index in [4.69, 9.17) is 20.9 Å². The van der Waals surface area contributed by atoms with Crippen LogP contribution in [0.5, 0.6) is 11.5 Å². The van der Waals surface area contributed by atoms with Crippen molar-refractivity contribution in [2.75, 3.05) is 19.0 Å². The second kappa shape index (κ2) is 11.3. The number of para-hydroxylation sites is 1. The van der Waals surface area contributed by atoms with Crippen LogP contribution in [0.15, 0.2) is 99.9 Å². The van der Waals surface area contributed by atoms with E-state index in [1.165, 1.54) is 11.3 Å². The Morgan fingerprint density at radius 2 is 1.87 bits per heavy atom. The van der Waals surface area contributed by atoms with Crippen LogP contribution in [-0.4, -0.2) is 24.2 Å². The fourth-order valence-corrected chi connectivity index (χ4v) is 5.48. The molecule has 0 saturated carbocycles.